The van der Waals surface area contributed by atoms with Crippen LogP contribution < -0.4 is 0 Å². The molecule has 0 bridgehead atoms. The van der Waals surface area contributed by atoms with Gasteiger partial charge in [0.1, 0.15) is 6.10 Å². The third kappa shape index (κ3) is 3.51. The number of esters is 1. The van der Waals surface area contributed by atoms with Crippen molar-refractivity contribution in [3.63, 3.8) is 0 Å². The van der Waals surface area contributed by atoms with Gasteiger partial charge in [0, 0.05) is 6.42 Å². The van der Waals surface area contributed by atoms with Gasteiger partial charge >= 0.3 is 18.2 Å². The Kier molecular flexibility index (Phi) is 4.35. The van der Waals surface area contributed by atoms with Crippen LogP contribution in [0.4, 0.5) is 9.59 Å². The molecule has 0 radical (unpaired) electrons. The van der Waals surface area contributed by atoms with Gasteiger partial charge in [-0.3, -0.25) is 4.79 Å². The Morgan fingerprint density at radius 1 is 1.17 bits per heavy atom. The van der Waals surface area contributed by atoms with Crippen LogP contribution in [0, 0.1) is 5.92 Å². The summed E-state index contributed by atoms with van der Waals surface area (Å²) < 4.78 is 5.03. The van der Waals surface area contributed by atoms with Gasteiger partial charge in [-0.2, -0.15) is 0 Å². The zero-order chi connectivity index (χ0) is 13.9. The Morgan fingerprint density at radius 3 is 1.94 bits per heavy atom. The number of hydrazine groups is 1. The lowest BCUT2D eigenvalue weighted by Crippen LogP contribution is -2.43. The van der Waals surface area contributed by atoms with Crippen molar-refractivity contribution in [1.82, 2.24) is 10.0 Å². The topological polar surface area (TPSA) is 107 Å². The lowest BCUT2D eigenvalue weighted by atomic mass is 10.1. The van der Waals surface area contributed by atoms with E-state index in [9.17, 15) is 14.4 Å². The van der Waals surface area contributed by atoms with Crippen molar-refractivity contribution in [2.75, 3.05) is 13.1 Å². The molecule has 0 aromatic heterocycles. The Balaban J connectivity index is 2.58. The highest BCUT2D eigenvalue weighted by Gasteiger charge is 2.38. The smallest absolute Gasteiger partial charge is 0.426 e. The number of hydrogen-bond donors (Lipinski definition) is 2. The van der Waals surface area contributed by atoms with Crippen LogP contribution in [0.1, 0.15) is 20.3 Å². The van der Waals surface area contributed by atoms with Gasteiger partial charge in [0.15, 0.2) is 0 Å². The molecule has 1 aliphatic heterocycles. The number of ether oxygens (including phenoxy) is 1. The molecule has 1 aliphatic rings. The molecule has 0 aromatic carbocycles. The minimum absolute atomic E-state index is 0.130. The standard InChI is InChI=1S/C10H16N2O6/c1-6(2)3-8(13)18-7-4-11(9(14)15)12(5-7)10(16)17/h6-7H,3-5H2,1-2H3,(H,14,15)(H,16,17). The van der Waals surface area contributed by atoms with E-state index in [0.717, 1.165) is 0 Å². The van der Waals surface area contributed by atoms with Crippen LogP contribution in [0.3, 0.4) is 0 Å². The summed E-state index contributed by atoms with van der Waals surface area (Å²) in [6.45, 7) is 3.38. The predicted molar refractivity (Wildman–Crippen MR) is 58.8 cm³/mol. The largest absolute Gasteiger partial charge is 0.464 e. The maximum atomic E-state index is 11.4. The molecule has 0 aliphatic carbocycles. The number of carbonyl (C=O) groups is 3. The van der Waals surface area contributed by atoms with Gasteiger partial charge in [-0.15, -0.1) is 0 Å². The highest BCUT2D eigenvalue weighted by atomic mass is 16.5. The van der Waals surface area contributed by atoms with Crippen LogP contribution in [-0.4, -0.2) is 57.6 Å². The molecule has 2 N–H and O–H groups in total. The van der Waals surface area contributed by atoms with E-state index < -0.39 is 24.3 Å². The van der Waals surface area contributed by atoms with E-state index in [2.05, 4.69) is 0 Å². The molecule has 0 aromatic rings. The number of rotatable bonds is 3. The first-order valence-corrected chi connectivity index (χ1v) is 5.51. The number of carboxylic acid groups (broad SMARTS) is 2. The molecule has 0 spiro atoms. The van der Waals surface area contributed by atoms with Gasteiger partial charge in [-0.25, -0.2) is 19.6 Å². The minimum Gasteiger partial charge on any atom is -0.464 e. The fourth-order valence-electron chi connectivity index (χ4n) is 1.65. The molecule has 1 saturated heterocycles. The van der Waals surface area contributed by atoms with E-state index in [1.807, 2.05) is 13.8 Å². The van der Waals surface area contributed by atoms with E-state index in [0.29, 0.717) is 10.0 Å². The van der Waals surface area contributed by atoms with E-state index >= 15 is 0 Å². The van der Waals surface area contributed by atoms with E-state index in [-0.39, 0.29) is 25.4 Å². The fraction of sp³-hybridized carbons (Fsp3) is 0.700. The molecular formula is C10H16N2O6. The number of nitrogens with zero attached hydrogens (tertiary/aromatic N) is 2. The summed E-state index contributed by atoms with van der Waals surface area (Å²) >= 11 is 0. The molecule has 102 valence electrons. The van der Waals surface area contributed by atoms with Crippen molar-refractivity contribution in [1.29, 1.82) is 0 Å². The molecular weight excluding hydrogens is 244 g/mol. The maximum absolute atomic E-state index is 11.4. The van der Waals surface area contributed by atoms with Crippen LogP contribution in [0.15, 0.2) is 0 Å². The molecule has 0 unspecified atom stereocenters. The van der Waals surface area contributed by atoms with Crippen molar-refractivity contribution < 1.29 is 29.3 Å². The van der Waals surface area contributed by atoms with Crippen LogP contribution in [0.25, 0.3) is 0 Å². The third-order valence-corrected chi connectivity index (χ3v) is 2.36. The highest BCUT2D eigenvalue weighted by molar-refractivity contribution is 5.73. The molecule has 18 heavy (non-hydrogen) atoms. The monoisotopic (exact) mass is 260 g/mol. The van der Waals surface area contributed by atoms with Crippen LogP contribution in [0.2, 0.25) is 0 Å². The minimum atomic E-state index is -1.39. The molecule has 1 heterocycles. The van der Waals surface area contributed by atoms with Gasteiger partial charge in [0.2, 0.25) is 0 Å². The summed E-state index contributed by atoms with van der Waals surface area (Å²) in [6, 6.07) is 0. The lowest BCUT2D eigenvalue weighted by Gasteiger charge is -2.20. The summed E-state index contributed by atoms with van der Waals surface area (Å²) in [7, 11) is 0. The van der Waals surface area contributed by atoms with Gasteiger partial charge in [-0.1, -0.05) is 13.8 Å². The Labute approximate surface area is 104 Å². The maximum Gasteiger partial charge on any atom is 0.426 e. The van der Waals surface area contributed by atoms with Gasteiger partial charge in [-0.05, 0) is 5.92 Å². The third-order valence-electron chi connectivity index (χ3n) is 2.36. The zero-order valence-electron chi connectivity index (χ0n) is 10.2. The summed E-state index contributed by atoms with van der Waals surface area (Å²) in [4.78, 5) is 33.0. The van der Waals surface area contributed by atoms with E-state index in [1.54, 1.807) is 0 Å². The van der Waals surface area contributed by atoms with Crippen LogP contribution in [-0.2, 0) is 9.53 Å². The number of hydrogen-bond acceptors (Lipinski definition) is 4. The van der Waals surface area contributed by atoms with E-state index in [1.165, 1.54) is 0 Å². The Bertz CT molecular complexity index is 334. The van der Waals surface area contributed by atoms with Gasteiger partial charge in [0.25, 0.3) is 0 Å². The second-order valence-corrected chi connectivity index (χ2v) is 4.44. The SMILES string of the molecule is CC(C)CC(=O)OC1CN(C(=O)O)N(C(=O)O)C1. The zero-order valence-corrected chi connectivity index (χ0v) is 10.2. The molecule has 2 amide bonds. The van der Waals surface area contributed by atoms with Crippen molar-refractivity contribution in [2.45, 2.75) is 26.4 Å². The van der Waals surface area contributed by atoms with Crippen molar-refractivity contribution in [2.24, 2.45) is 5.92 Å². The molecule has 0 saturated carbocycles. The summed E-state index contributed by atoms with van der Waals surface area (Å²) in [5.41, 5.74) is 0. The first-order chi connectivity index (χ1) is 8.31. The second kappa shape index (κ2) is 5.56. The Hall–Kier alpha value is -1.99. The van der Waals surface area contributed by atoms with Crippen LogP contribution >= 0.6 is 0 Å². The van der Waals surface area contributed by atoms with Crippen molar-refractivity contribution in [3.05, 3.63) is 0 Å². The van der Waals surface area contributed by atoms with Crippen molar-refractivity contribution >= 4 is 18.2 Å². The molecule has 8 heteroatoms. The first-order valence-electron chi connectivity index (χ1n) is 5.51. The fourth-order valence-corrected chi connectivity index (χ4v) is 1.65. The quantitative estimate of drug-likeness (QED) is 0.728. The highest BCUT2D eigenvalue weighted by Crippen LogP contribution is 2.15. The van der Waals surface area contributed by atoms with Crippen molar-refractivity contribution in [3.8, 4) is 0 Å². The van der Waals surface area contributed by atoms with Gasteiger partial charge < -0.3 is 14.9 Å². The van der Waals surface area contributed by atoms with Gasteiger partial charge in [0.05, 0.1) is 13.1 Å². The summed E-state index contributed by atoms with van der Waals surface area (Å²) in [5, 5.41) is 18.9. The molecule has 0 atom stereocenters. The first kappa shape index (κ1) is 14.1. The average molecular weight is 260 g/mol. The second-order valence-electron chi connectivity index (χ2n) is 4.44. The van der Waals surface area contributed by atoms with E-state index in [4.69, 9.17) is 14.9 Å². The molecule has 8 nitrogen and oxygen atoms in total. The normalized spacial score (nSPS) is 16.2. The summed E-state index contributed by atoms with van der Waals surface area (Å²) in [6.07, 6.45) is -3.31. The number of carbonyl (C=O) groups excluding carboxylic acids is 1. The predicted octanol–water partition coefficient (Wildman–Crippen LogP) is 0.833. The molecule has 1 rings (SSSR count). The molecule has 1 fully saturated rings. The number of amides is 2. The Morgan fingerprint density at radius 2 is 1.61 bits per heavy atom. The average Bonchev–Trinajstić information content (AvgIpc) is 2.60. The van der Waals surface area contributed by atoms with Crippen LogP contribution in [0.5, 0.6) is 0 Å². The lowest BCUT2D eigenvalue weighted by molar-refractivity contribution is -0.148. The summed E-state index contributed by atoms with van der Waals surface area (Å²) in [5.74, 6) is -0.322.